The lowest BCUT2D eigenvalue weighted by molar-refractivity contribution is -0.137. The molecule has 2 rings (SSSR count). The van der Waals surface area contributed by atoms with Gasteiger partial charge < -0.3 is 10.1 Å². The van der Waals surface area contributed by atoms with E-state index >= 15 is 0 Å². The molecule has 2 atom stereocenters. The fourth-order valence-electron chi connectivity index (χ4n) is 2.58. The van der Waals surface area contributed by atoms with Crippen LogP contribution in [-0.4, -0.2) is 40.3 Å². The average molecular weight is 390 g/mol. The number of hydrogen-bond acceptors (Lipinski definition) is 4. The van der Waals surface area contributed by atoms with Crippen molar-refractivity contribution in [2.75, 3.05) is 11.9 Å². The number of anilines is 1. The first-order chi connectivity index (χ1) is 11.9. The van der Waals surface area contributed by atoms with Crippen LogP contribution in [0.1, 0.15) is 32.8 Å². The fraction of sp³-hybridized carbons (Fsp3) is 0.529. The molecule has 0 spiro atoms. The highest BCUT2D eigenvalue weighted by Crippen LogP contribution is 2.31. The second-order valence-corrected chi connectivity index (χ2v) is 7.84. The summed E-state index contributed by atoms with van der Waals surface area (Å²) in [6, 6.07) is 3.48. The molecule has 26 heavy (non-hydrogen) atoms. The second kappa shape index (κ2) is 7.38. The minimum Gasteiger partial charge on any atom is -0.444 e. The Kier molecular flexibility index (Phi) is 5.79. The number of carbonyl (C=O) groups is 2. The smallest absolute Gasteiger partial charge is 0.416 e. The van der Waals surface area contributed by atoms with Crippen molar-refractivity contribution in [2.45, 2.75) is 50.3 Å². The highest BCUT2D eigenvalue weighted by atomic mass is 32.1. The summed E-state index contributed by atoms with van der Waals surface area (Å²) in [5, 5.41) is 2.22. The van der Waals surface area contributed by atoms with Crippen LogP contribution in [-0.2, 0) is 15.7 Å². The maximum absolute atomic E-state index is 12.8. The SMILES string of the molecule is CC(C)(C)OC(=O)N1C[C@@H](S)C[C@H]1C(=O)Nc1cccc(C(F)(F)F)c1. The van der Waals surface area contributed by atoms with Crippen molar-refractivity contribution < 1.29 is 27.5 Å². The number of alkyl halides is 3. The third kappa shape index (κ3) is 5.30. The van der Waals surface area contributed by atoms with Crippen LogP contribution >= 0.6 is 12.6 Å². The summed E-state index contributed by atoms with van der Waals surface area (Å²) < 4.78 is 43.7. The van der Waals surface area contributed by atoms with E-state index in [1.165, 1.54) is 17.0 Å². The number of thiol groups is 1. The molecule has 0 bridgehead atoms. The molecule has 5 nitrogen and oxygen atoms in total. The normalized spacial score (nSPS) is 20.8. The summed E-state index contributed by atoms with van der Waals surface area (Å²) in [6.07, 6.45) is -4.88. The molecule has 1 N–H and O–H groups in total. The van der Waals surface area contributed by atoms with E-state index in [4.69, 9.17) is 4.74 Å². The topological polar surface area (TPSA) is 58.6 Å². The molecule has 0 saturated carbocycles. The Morgan fingerprint density at radius 2 is 1.92 bits per heavy atom. The zero-order chi connectivity index (χ0) is 19.7. The summed E-state index contributed by atoms with van der Waals surface area (Å²) in [7, 11) is 0. The zero-order valence-corrected chi connectivity index (χ0v) is 15.5. The second-order valence-electron chi connectivity index (χ2n) is 7.11. The number of likely N-dealkylation sites (tertiary alicyclic amines) is 1. The van der Waals surface area contributed by atoms with Crippen molar-refractivity contribution in [1.29, 1.82) is 0 Å². The third-order valence-corrected chi connectivity index (χ3v) is 4.04. The molecular weight excluding hydrogens is 369 g/mol. The standard InChI is InChI=1S/C17H21F3N2O3S/c1-16(2,3)25-15(24)22-9-12(26)8-13(22)14(23)21-11-6-4-5-10(7-11)17(18,19)20/h4-7,12-13,26H,8-9H2,1-3H3,(H,21,23)/t12-,13-/m0/s1. The van der Waals surface area contributed by atoms with Crippen LogP contribution in [0.15, 0.2) is 24.3 Å². The Labute approximate surface area is 155 Å². The number of halogens is 3. The molecular formula is C17H21F3N2O3S. The van der Waals surface area contributed by atoms with E-state index in [9.17, 15) is 22.8 Å². The van der Waals surface area contributed by atoms with E-state index in [0.29, 0.717) is 0 Å². The number of carbonyl (C=O) groups excluding carboxylic acids is 2. The quantitative estimate of drug-likeness (QED) is 0.752. The van der Waals surface area contributed by atoms with Gasteiger partial charge in [-0.25, -0.2) is 4.79 Å². The molecule has 1 aliphatic rings. The van der Waals surface area contributed by atoms with Gasteiger partial charge in [0, 0.05) is 17.5 Å². The van der Waals surface area contributed by atoms with E-state index in [-0.39, 0.29) is 23.9 Å². The van der Waals surface area contributed by atoms with Gasteiger partial charge in [-0.2, -0.15) is 25.8 Å². The monoisotopic (exact) mass is 390 g/mol. The average Bonchev–Trinajstić information content (AvgIpc) is 2.87. The van der Waals surface area contributed by atoms with E-state index in [1.54, 1.807) is 20.8 Å². The van der Waals surface area contributed by atoms with Crippen LogP contribution in [0.4, 0.5) is 23.7 Å². The fourth-order valence-corrected chi connectivity index (χ4v) is 2.96. The summed E-state index contributed by atoms with van der Waals surface area (Å²) in [5.74, 6) is -0.577. The van der Waals surface area contributed by atoms with Gasteiger partial charge in [0.15, 0.2) is 0 Å². The van der Waals surface area contributed by atoms with Crippen LogP contribution < -0.4 is 5.32 Å². The number of nitrogens with one attached hydrogen (secondary N) is 1. The summed E-state index contributed by atoms with van der Waals surface area (Å²) in [6.45, 7) is 5.34. The number of nitrogens with zero attached hydrogens (tertiary/aromatic N) is 1. The highest BCUT2D eigenvalue weighted by Gasteiger charge is 2.40. The predicted octanol–water partition coefficient (Wildman–Crippen LogP) is 3.95. The molecule has 0 unspecified atom stereocenters. The number of hydrogen-bond donors (Lipinski definition) is 2. The van der Waals surface area contributed by atoms with Crippen molar-refractivity contribution in [1.82, 2.24) is 4.90 Å². The number of rotatable bonds is 2. The molecule has 1 aromatic carbocycles. The van der Waals surface area contributed by atoms with Gasteiger partial charge in [0.05, 0.1) is 5.56 Å². The van der Waals surface area contributed by atoms with Gasteiger partial charge in [0.1, 0.15) is 11.6 Å². The van der Waals surface area contributed by atoms with Gasteiger partial charge >= 0.3 is 12.3 Å². The molecule has 0 aromatic heterocycles. The first kappa shape index (κ1) is 20.4. The largest absolute Gasteiger partial charge is 0.444 e. The summed E-state index contributed by atoms with van der Waals surface area (Å²) in [4.78, 5) is 26.1. The van der Waals surface area contributed by atoms with Crippen molar-refractivity contribution in [2.24, 2.45) is 0 Å². The van der Waals surface area contributed by atoms with Crippen molar-refractivity contribution in [3.8, 4) is 0 Å². The minimum absolute atomic E-state index is 0.0107. The molecule has 0 radical (unpaired) electrons. The maximum Gasteiger partial charge on any atom is 0.416 e. The predicted molar refractivity (Wildman–Crippen MR) is 94.2 cm³/mol. The molecule has 1 saturated heterocycles. The van der Waals surface area contributed by atoms with Gasteiger partial charge in [-0.05, 0) is 45.4 Å². The van der Waals surface area contributed by atoms with Crippen LogP contribution in [0.25, 0.3) is 0 Å². The van der Waals surface area contributed by atoms with E-state index in [2.05, 4.69) is 17.9 Å². The molecule has 1 heterocycles. The summed E-state index contributed by atoms with van der Waals surface area (Å²) >= 11 is 4.31. The van der Waals surface area contributed by atoms with Crippen molar-refractivity contribution >= 4 is 30.3 Å². The van der Waals surface area contributed by atoms with Crippen molar-refractivity contribution in [3.05, 3.63) is 29.8 Å². The van der Waals surface area contributed by atoms with Gasteiger partial charge in [-0.3, -0.25) is 9.69 Å². The Morgan fingerprint density at radius 1 is 1.27 bits per heavy atom. The number of benzene rings is 1. The minimum atomic E-state index is -4.51. The Balaban J connectivity index is 2.13. The lowest BCUT2D eigenvalue weighted by atomic mass is 10.1. The highest BCUT2D eigenvalue weighted by molar-refractivity contribution is 7.81. The van der Waals surface area contributed by atoms with Crippen LogP contribution in [0.5, 0.6) is 0 Å². The van der Waals surface area contributed by atoms with Gasteiger partial charge in [-0.1, -0.05) is 6.07 Å². The van der Waals surface area contributed by atoms with Crippen LogP contribution in [0, 0.1) is 0 Å². The zero-order valence-electron chi connectivity index (χ0n) is 14.6. The number of ether oxygens (including phenoxy) is 1. The Bertz CT molecular complexity index is 689. The van der Waals surface area contributed by atoms with Crippen molar-refractivity contribution in [3.63, 3.8) is 0 Å². The molecule has 1 aromatic rings. The molecule has 9 heteroatoms. The molecule has 1 aliphatic heterocycles. The molecule has 144 valence electrons. The van der Waals surface area contributed by atoms with Crippen LogP contribution in [0.3, 0.4) is 0 Å². The van der Waals surface area contributed by atoms with E-state index in [0.717, 1.165) is 12.1 Å². The van der Waals surface area contributed by atoms with Gasteiger partial charge in [0.2, 0.25) is 5.91 Å². The first-order valence-corrected chi connectivity index (χ1v) is 8.54. The number of amides is 2. The lowest BCUT2D eigenvalue weighted by Gasteiger charge is -2.28. The van der Waals surface area contributed by atoms with Gasteiger partial charge in [0.25, 0.3) is 0 Å². The third-order valence-electron chi connectivity index (χ3n) is 3.67. The first-order valence-electron chi connectivity index (χ1n) is 8.02. The molecule has 2 amide bonds. The summed E-state index contributed by atoms with van der Waals surface area (Å²) in [5.41, 5.74) is -1.58. The Hall–Kier alpha value is -1.90. The van der Waals surface area contributed by atoms with E-state index in [1.807, 2.05) is 0 Å². The molecule has 0 aliphatic carbocycles. The lowest BCUT2D eigenvalue weighted by Crippen LogP contribution is -2.45. The maximum atomic E-state index is 12.8. The van der Waals surface area contributed by atoms with Crippen LogP contribution in [0.2, 0.25) is 0 Å². The Morgan fingerprint density at radius 3 is 2.50 bits per heavy atom. The van der Waals surface area contributed by atoms with E-state index < -0.39 is 35.4 Å². The molecule has 1 fully saturated rings. The van der Waals surface area contributed by atoms with Gasteiger partial charge in [-0.15, -0.1) is 0 Å².